The third kappa shape index (κ3) is 5.87. The minimum absolute atomic E-state index is 0.00431. The Hall–Kier alpha value is -0.426. The fourth-order valence-electron chi connectivity index (χ4n) is 3.54. The Morgan fingerprint density at radius 2 is 1.70 bits per heavy atom. The van der Waals surface area contributed by atoms with Crippen LogP contribution in [0.4, 0.5) is 4.79 Å². The number of carbonyl (C=O) groups excluding carboxylic acids is 1. The Kier molecular flexibility index (Phi) is 8.34. The molecule has 10 heteroatoms. The normalized spacial score (nSPS) is 31.8. The molecule has 1 saturated heterocycles. The van der Waals surface area contributed by atoms with Crippen LogP contribution in [0.3, 0.4) is 0 Å². The van der Waals surface area contributed by atoms with Crippen LogP contribution in [0.15, 0.2) is 12.3 Å². The first kappa shape index (κ1) is 28.8. The molecule has 2 unspecified atom stereocenters. The summed E-state index contributed by atoms with van der Waals surface area (Å²) in [5, 5.41) is 12.3. The number of halogens is 1. The zero-order chi connectivity index (χ0) is 25.6. The lowest BCUT2D eigenvalue weighted by atomic mass is 9.92. The van der Waals surface area contributed by atoms with Gasteiger partial charge in [-0.1, -0.05) is 48.5 Å². The van der Waals surface area contributed by atoms with Gasteiger partial charge >= 0.3 is 6.03 Å². The number of aliphatic hydroxyl groups excluding tert-OH is 1. The van der Waals surface area contributed by atoms with Crippen molar-refractivity contribution < 1.29 is 23.5 Å². The highest BCUT2D eigenvalue weighted by Crippen LogP contribution is 2.47. The molecule has 0 aromatic rings. The Bertz CT molecular complexity index is 750. The average Bonchev–Trinajstić information content (AvgIpc) is 2.91. The largest absolute Gasteiger partial charge is 0.414 e. The zero-order valence-electron chi connectivity index (χ0n) is 22.3. The number of carbonyl (C=O) groups is 1. The van der Waals surface area contributed by atoms with Crippen molar-refractivity contribution in [2.45, 2.75) is 109 Å². The minimum Gasteiger partial charge on any atom is -0.414 e. The maximum atomic E-state index is 12.7. The van der Waals surface area contributed by atoms with Crippen LogP contribution in [0.25, 0.3) is 0 Å². The number of nitrogens with zero attached hydrogens (tertiary/aromatic N) is 1. The molecular formula is C23H45ClN2O5Si2. The van der Waals surface area contributed by atoms with E-state index in [2.05, 4.69) is 73.0 Å². The van der Waals surface area contributed by atoms with Crippen LogP contribution in [0.1, 0.15) is 48.5 Å². The molecule has 2 amide bonds. The summed E-state index contributed by atoms with van der Waals surface area (Å²) in [4.78, 5) is 14.2. The van der Waals surface area contributed by atoms with Gasteiger partial charge in [0, 0.05) is 12.1 Å². The third-order valence-corrected chi connectivity index (χ3v) is 17.3. The molecule has 1 fully saturated rings. The quantitative estimate of drug-likeness (QED) is 0.355. The lowest BCUT2D eigenvalue weighted by molar-refractivity contribution is -0.114. The van der Waals surface area contributed by atoms with Crippen molar-refractivity contribution in [1.82, 2.24) is 10.2 Å². The second-order valence-electron chi connectivity index (χ2n) is 12.6. The lowest BCUT2D eigenvalue weighted by Gasteiger charge is -2.45. The molecule has 0 bridgehead atoms. The van der Waals surface area contributed by atoms with Gasteiger partial charge in [-0.2, -0.15) is 0 Å². The molecule has 0 aromatic heterocycles. The third-order valence-electron chi connectivity index (χ3n) is 7.95. The van der Waals surface area contributed by atoms with Crippen molar-refractivity contribution in [2.75, 3.05) is 12.5 Å². The van der Waals surface area contributed by atoms with Crippen molar-refractivity contribution >= 4 is 34.3 Å². The number of nitrogens with one attached hydrogen (secondary N) is 1. The molecule has 0 aromatic carbocycles. The number of rotatable bonds is 7. The molecule has 0 aliphatic carbocycles. The molecule has 5 atom stereocenters. The van der Waals surface area contributed by atoms with Crippen LogP contribution in [-0.2, 0) is 13.6 Å². The van der Waals surface area contributed by atoms with Crippen LogP contribution in [0.5, 0.6) is 0 Å². The fraction of sp³-hybridized carbons (Fsp3) is 0.870. The predicted molar refractivity (Wildman–Crippen MR) is 138 cm³/mol. The van der Waals surface area contributed by atoms with Crippen LogP contribution < -0.4 is 5.32 Å². The van der Waals surface area contributed by atoms with Gasteiger partial charge in [0.2, 0.25) is 0 Å². The van der Waals surface area contributed by atoms with Crippen LogP contribution >= 0.6 is 11.6 Å². The summed E-state index contributed by atoms with van der Waals surface area (Å²) in [7, 11) is -4.28. The van der Waals surface area contributed by atoms with Gasteiger partial charge in [0.25, 0.3) is 0 Å². The molecule has 0 saturated carbocycles. The van der Waals surface area contributed by atoms with Gasteiger partial charge in [0.15, 0.2) is 16.6 Å². The number of ether oxygens (including phenoxy) is 1. The first-order valence-electron chi connectivity index (χ1n) is 11.8. The topological polar surface area (TPSA) is 80.3 Å². The molecule has 2 rings (SSSR count). The Morgan fingerprint density at radius 3 is 2.15 bits per heavy atom. The summed E-state index contributed by atoms with van der Waals surface area (Å²) in [6.07, 6.45) is 1.15. The number of amides is 2. The fourth-order valence-corrected chi connectivity index (χ4v) is 6.28. The maximum absolute atomic E-state index is 12.7. The molecule has 2 aliphatic heterocycles. The molecule has 33 heavy (non-hydrogen) atoms. The van der Waals surface area contributed by atoms with E-state index < -0.39 is 40.7 Å². The summed E-state index contributed by atoms with van der Waals surface area (Å²) >= 11 is 6.64. The lowest BCUT2D eigenvalue weighted by Crippen LogP contribution is -2.57. The van der Waals surface area contributed by atoms with Crippen molar-refractivity contribution in [3.63, 3.8) is 0 Å². The molecule has 2 aliphatic rings. The van der Waals surface area contributed by atoms with E-state index in [0.29, 0.717) is 6.61 Å². The van der Waals surface area contributed by atoms with E-state index >= 15 is 0 Å². The van der Waals surface area contributed by atoms with Gasteiger partial charge < -0.3 is 24.0 Å². The van der Waals surface area contributed by atoms with E-state index in [9.17, 15) is 9.90 Å². The van der Waals surface area contributed by atoms with Crippen LogP contribution in [-0.4, -0.2) is 69.3 Å². The van der Waals surface area contributed by atoms with Gasteiger partial charge in [-0.25, -0.2) is 4.79 Å². The molecule has 192 valence electrons. The van der Waals surface area contributed by atoms with Crippen LogP contribution in [0, 0.1) is 5.92 Å². The number of aliphatic hydroxyl groups is 1. The van der Waals surface area contributed by atoms with E-state index in [-0.39, 0.29) is 28.0 Å². The Morgan fingerprint density at radius 1 is 1.15 bits per heavy atom. The van der Waals surface area contributed by atoms with Gasteiger partial charge in [-0.3, -0.25) is 4.90 Å². The second-order valence-corrected chi connectivity index (χ2v) is 22.4. The van der Waals surface area contributed by atoms with Crippen molar-refractivity contribution in [3.05, 3.63) is 12.3 Å². The molecule has 2 heterocycles. The van der Waals surface area contributed by atoms with Crippen molar-refractivity contribution in [1.29, 1.82) is 0 Å². The molecule has 7 nitrogen and oxygen atoms in total. The van der Waals surface area contributed by atoms with Gasteiger partial charge in [-0.05, 0) is 42.3 Å². The second kappa shape index (κ2) is 9.56. The molecule has 0 radical (unpaired) electrons. The first-order valence-corrected chi connectivity index (χ1v) is 18.1. The molecule has 2 N–H and O–H groups in total. The SMILES string of the molecule is C[C@H]1C(O[Si](C)(C)C(C)(C)C)[C@@](CCl)(CO[Si](C)(C)C(C)(C)C)O[C@H]1N1C=CC(O)NC1=O. The van der Waals surface area contributed by atoms with Crippen LogP contribution in [0.2, 0.25) is 36.3 Å². The van der Waals surface area contributed by atoms with E-state index in [1.807, 2.05) is 6.92 Å². The first-order chi connectivity index (χ1) is 14.8. The number of hydrogen-bond donors (Lipinski definition) is 2. The van der Waals surface area contributed by atoms with Gasteiger partial charge in [0.1, 0.15) is 18.1 Å². The smallest absolute Gasteiger partial charge is 0.325 e. The number of urea groups is 1. The number of alkyl halides is 1. The Labute approximate surface area is 207 Å². The average molecular weight is 521 g/mol. The highest BCUT2D eigenvalue weighted by atomic mass is 35.5. The van der Waals surface area contributed by atoms with Gasteiger partial charge in [-0.15, -0.1) is 11.6 Å². The van der Waals surface area contributed by atoms with E-state index in [4.69, 9.17) is 25.2 Å². The van der Waals surface area contributed by atoms with E-state index in [1.54, 1.807) is 6.20 Å². The number of hydrogen-bond acceptors (Lipinski definition) is 5. The summed E-state index contributed by atoms with van der Waals surface area (Å²) in [5.41, 5.74) is -0.902. The minimum atomic E-state index is -2.20. The highest BCUT2D eigenvalue weighted by Gasteiger charge is 2.59. The van der Waals surface area contributed by atoms with Gasteiger partial charge in [0.05, 0.1) is 18.6 Å². The van der Waals surface area contributed by atoms with E-state index in [0.717, 1.165) is 0 Å². The monoisotopic (exact) mass is 520 g/mol. The molecular weight excluding hydrogens is 476 g/mol. The standard InChI is InChI=1S/C23H45ClN2O5Si2/c1-16-18(31-33(10,11)22(5,6)7)23(14-24,15-29-32(8,9)21(2,3)4)30-19(16)26-13-12-17(27)25-20(26)28/h12-13,16-19,27H,14-15H2,1-11H3,(H,25,28)/t16-,17?,18?,19+,23+/m0/s1. The Balaban J connectivity index is 2.46. The summed E-state index contributed by atoms with van der Waals surface area (Å²) in [6.45, 7) is 24.4. The summed E-state index contributed by atoms with van der Waals surface area (Å²) < 4.78 is 20.2. The maximum Gasteiger partial charge on any atom is 0.325 e. The van der Waals surface area contributed by atoms with E-state index in [1.165, 1.54) is 11.0 Å². The summed E-state index contributed by atoms with van der Waals surface area (Å²) in [5.74, 6) is 0.0235. The summed E-state index contributed by atoms with van der Waals surface area (Å²) in [6, 6.07) is -0.413. The van der Waals surface area contributed by atoms with Crippen molar-refractivity contribution in [3.8, 4) is 0 Å². The molecule has 0 spiro atoms. The predicted octanol–water partition coefficient (Wildman–Crippen LogP) is 5.23. The highest BCUT2D eigenvalue weighted by molar-refractivity contribution is 6.74. The zero-order valence-corrected chi connectivity index (χ0v) is 25.0. The van der Waals surface area contributed by atoms with Crippen molar-refractivity contribution in [2.24, 2.45) is 5.92 Å².